The summed E-state index contributed by atoms with van der Waals surface area (Å²) in [4.78, 5) is 12.0. The van der Waals surface area contributed by atoms with Gasteiger partial charge in [0.2, 0.25) is 0 Å². The van der Waals surface area contributed by atoms with E-state index < -0.39 is 0 Å². The molecule has 2 nitrogen and oxygen atoms in total. The van der Waals surface area contributed by atoms with E-state index in [1.807, 2.05) is 0 Å². The van der Waals surface area contributed by atoms with Gasteiger partial charge < -0.3 is 4.74 Å². The van der Waals surface area contributed by atoms with Gasteiger partial charge in [-0.3, -0.25) is 4.79 Å². The lowest BCUT2D eigenvalue weighted by molar-refractivity contribution is -0.142. The van der Waals surface area contributed by atoms with Crippen molar-refractivity contribution in [2.75, 3.05) is 6.61 Å². The topological polar surface area (TPSA) is 26.3 Å². The first kappa shape index (κ1) is 33.2. The quantitative estimate of drug-likeness (QED) is 0.0783. The zero-order valence-electron chi connectivity index (χ0n) is 24.3. The molecule has 34 heavy (non-hydrogen) atoms. The maximum atomic E-state index is 12.0. The molecule has 0 heterocycles. The number of carbonyl (C=O) groups is 1. The second kappa shape index (κ2) is 23.9. The molecule has 0 saturated carbocycles. The highest BCUT2D eigenvalue weighted by atomic mass is 16.5. The van der Waals surface area contributed by atoms with E-state index in [0.29, 0.717) is 13.0 Å². The third kappa shape index (κ3) is 24.3. The van der Waals surface area contributed by atoms with E-state index in [2.05, 4.69) is 47.6 Å². The van der Waals surface area contributed by atoms with Crippen LogP contribution < -0.4 is 0 Å². The molecule has 2 atom stereocenters. The van der Waals surface area contributed by atoms with Crippen LogP contribution in [0.2, 0.25) is 0 Å². The minimum Gasteiger partial charge on any atom is -0.461 e. The van der Waals surface area contributed by atoms with Crippen molar-refractivity contribution in [3.8, 4) is 0 Å². The molecule has 0 spiro atoms. The fraction of sp³-hybridized carbons (Fsp3) is 0.906. The molecule has 0 rings (SSSR count). The number of rotatable bonds is 24. The van der Waals surface area contributed by atoms with Crippen LogP contribution in [0.3, 0.4) is 0 Å². The third-order valence-corrected chi connectivity index (χ3v) is 7.22. The molecule has 0 aromatic carbocycles. The summed E-state index contributed by atoms with van der Waals surface area (Å²) in [6.45, 7) is 14.3. The highest BCUT2D eigenvalue weighted by molar-refractivity contribution is 5.69. The van der Waals surface area contributed by atoms with E-state index in [1.165, 1.54) is 102 Å². The zero-order chi connectivity index (χ0) is 25.4. The van der Waals surface area contributed by atoms with Crippen LogP contribution in [0.4, 0.5) is 0 Å². The maximum Gasteiger partial charge on any atom is 0.306 e. The number of hydrogen-bond acceptors (Lipinski definition) is 2. The van der Waals surface area contributed by atoms with Gasteiger partial charge in [0, 0.05) is 6.42 Å². The van der Waals surface area contributed by atoms with Crippen LogP contribution >= 0.6 is 0 Å². The van der Waals surface area contributed by atoms with Gasteiger partial charge in [-0.1, -0.05) is 130 Å². The molecular weight excluding hydrogens is 416 g/mol. The van der Waals surface area contributed by atoms with Crippen LogP contribution in [-0.2, 0) is 9.53 Å². The summed E-state index contributed by atoms with van der Waals surface area (Å²) in [7, 11) is 0. The van der Waals surface area contributed by atoms with E-state index in [0.717, 1.165) is 37.0 Å². The number of ether oxygens (including phenoxy) is 1. The van der Waals surface area contributed by atoms with Gasteiger partial charge in [-0.15, -0.1) is 0 Å². The van der Waals surface area contributed by atoms with Crippen molar-refractivity contribution in [2.24, 2.45) is 17.8 Å². The molecule has 0 aromatic rings. The Kier molecular flexibility index (Phi) is 23.4. The molecule has 2 heteroatoms. The molecule has 0 aromatic heterocycles. The Bertz CT molecular complexity index is 479. The summed E-state index contributed by atoms with van der Waals surface area (Å²) in [6, 6.07) is 0. The minimum absolute atomic E-state index is 0.0308. The molecule has 0 fully saturated rings. The van der Waals surface area contributed by atoms with Gasteiger partial charge in [-0.2, -0.15) is 0 Å². The Hall–Kier alpha value is -0.790. The fourth-order valence-electron chi connectivity index (χ4n) is 4.82. The average Bonchev–Trinajstić information content (AvgIpc) is 2.79. The van der Waals surface area contributed by atoms with E-state index in [-0.39, 0.29) is 5.97 Å². The monoisotopic (exact) mass is 478 g/mol. The highest BCUT2D eigenvalue weighted by Gasteiger charge is 2.10. The number of carbonyl (C=O) groups excluding carboxylic acids is 1. The second-order valence-corrected chi connectivity index (χ2v) is 11.7. The fourth-order valence-corrected chi connectivity index (χ4v) is 4.82. The lowest BCUT2D eigenvalue weighted by Crippen LogP contribution is -2.06. The van der Waals surface area contributed by atoms with Crippen LogP contribution in [0, 0.1) is 17.8 Å². The normalized spacial score (nSPS) is 13.9. The predicted molar refractivity (Wildman–Crippen MR) is 151 cm³/mol. The van der Waals surface area contributed by atoms with E-state index in [9.17, 15) is 4.79 Å². The molecule has 0 aliphatic rings. The van der Waals surface area contributed by atoms with Crippen molar-refractivity contribution in [1.29, 1.82) is 0 Å². The second-order valence-electron chi connectivity index (χ2n) is 11.7. The third-order valence-electron chi connectivity index (χ3n) is 7.22. The zero-order valence-corrected chi connectivity index (χ0v) is 24.3. The summed E-state index contributed by atoms with van der Waals surface area (Å²) >= 11 is 0. The molecule has 0 saturated heterocycles. The average molecular weight is 479 g/mol. The Morgan fingerprint density at radius 3 is 1.79 bits per heavy atom. The molecule has 0 radical (unpaired) electrons. The molecule has 0 aliphatic heterocycles. The Morgan fingerprint density at radius 1 is 0.676 bits per heavy atom. The molecule has 0 N–H and O–H groups in total. The number of unbranched alkanes of at least 4 members (excludes halogenated alkanes) is 11. The molecule has 2 unspecified atom stereocenters. The SMILES string of the molecule is CCCCCCCCCCCCCC(C)=CCOC(=O)CCCCC(C)CC(C)CCC(C)C. The summed E-state index contributed by atoms with van der Waals surface area (Å²) < 4.78 is 5.43. The van der Waals surface area contributed by atoms with Crippen molar-refractivity contribution >= 4 is 5.97 Å². The largest absolute Gasteiger partial charge is 0.461 e. The Labute approximate surface area is 215 Å². The lowest BCUT2D eigenvalue weighted by Gasteiger charge is -2.18. The van der Waals surface area contributed by atoms with E-state index >= 15 is 0 Å². The first-order valence-electron chi connectivity index (χ1n) is 15.2. The van der Waals surface area contributed by atoms with Crippen LogP contribution in [-0.4, -0.2) is 12.6 Å². The molecule has 0 aliphatic carbocycles. The van der Waals surface area contributed by atoms with Crippen molar-refractivity contribution in [3.05, 3.63) is 11.6 Å². The van der Waals surface area contributed by atoms with Gasteiger partial charge in [0.15, 0.2) is 0 Å². The van der Waals surface area contributed by atoms with Gasteiger partial charge in [-0.25, -0.2) is 0 Å². The van der Waals surface area contributed by atoms with Gasteiger partial charge in [0.1, 0.15) is 6.61 Å². The molecule has 202 valence electrons. The van der Waals surface area contributed by atoms with E-state index in [4.69, 9.17) is 4.74 Å². The van der Waals surface area contributed by atoms with Crippen molar-refractivity contribution in [2.45, 2.75) is 164 Å². The van der Waals surface area contributed by atoms with Crippen molar-refractivity contribution in [1.82, 2.24) is 0 Å². The van der Waals surface area contributed by atoms with Crippen LogP contribution in [0.5, 0.6) is 0 Å². The number of esters is 1. The smallest absolute Gasteiger partial charge is 0.306 e. The highest BCUT2D eigenvalue weighted by Crippen LogP contribution is 2.23. The van der Waals surface area contributed by atoms with Crippen LogP contribution in [0.1, 0.15) is 164 Å². The lowest BCUT2D eigenvalue weighted by atomic mass is 9.88. The van der Waals surface area contributed by atoms with Crippen LogP contribution in [0.15, 0.2) is 11.6 Å². The molecule has 0 bridgehead atoms. The minimum atomic E-state index is -0.0308. The molecule has 0 amide bonds. The van der Waals surface area contributed by atoms with Gasteiger partial charge in [0.05, 0.1) is 0 Å². The van der Waals surface area contributed by atoms with Gasteiger partial charge in [-0.05, 0) is 56.4 Å². The summed E-state index contributed by atoms with van der Waals surface area (Å²) in [6.07, 6.45) is 26.4. The summed E-state index contributed by atoms with van der Waals surface area (Å²) in [5, 5.41) is 0. The number of allylic oxidation sites excluding steroid dienone is 1. The van der Waals surface area contributed by atoms with Gasteiger partial charge in [0.25, 0.3) is 0 Å². The predicted octanol–water partition coefficient (Wildman–Crippen LogP) is 10.8. The number of hydrogen-bond donors (Lipinski definition) is 0. The van der Waals surface area contributed by atoms with Gasteiger partial charge >= 0.3 is 5.97 Å². The Balaban J connectivity index is 3.58. The summed E-state index contributed by atoms with van der Waals surface area (Å²) in [5.41, 5.74) is 1.36. The van der Waals surface area contributed by atoms with Crippen molar-refractivity contribution < 1.29 is 9.53 Å². The maximum absolute atomic E-state index is 12.0. The van der Waals surface area contributed by atoms with Crippen molar-refractivity contribution in [3.63, 3.8) is 0 Å². The first-order chi connectivity index (χ1) is 16.3. The summed E-state index contributed by atoms with van der Waals surface area (Å²) in [5.74, 6) is 2.37. The Morgan fingerprint density at radius 2 is 1.21 bits per heavy atom. The van der Waals surface area contributed by atoms with E-state index in [1.54, 1.807) is 0 Å². The molecular formula is C32H62O2. The van der Waals surface area contributed by atoms with Crippen LogP contribution in [0.25, 0.3) is 0 Å². The standard InChI is InChI=1S/C32H62O2/c1-7-8-9-10-11-12-13-14-15-16-17-20-29(4)25-26-34-32(33)22-19-18-21-30(5)27-31(6)24-23-28(2)3/h25,28,30-31H,7-24,26-27H2,1-6H3. The first-order valence-corrected chi connectivity index (χ1v) is 15.2.